The van der Waals surface area contributed by atoms with Crippen molar-refractivity contribution in [3.63, 3.8) is 0 Å². The minimum Gasteiger partial charge on any atom is -0.385 e. The molecule has 1 aliphatic rings. The summed E-state index contributed by atoms with van der Waals surface area (Å²) in [6.07, 6.45) is 0.233. The average Bonchev–Trinajstić information content (AvgIpc) is 2.71. The fourth-order valence-electron chi connectivity index (χ4n) is 1.99. The summed E-state index contributed by atoms with van der Waals surface area (Å²) in [4.78, 5) is 14.1. The van der Waals surface area contributed by atoms with Crippen LogP contribution in [0.5, 0.6) is 0 Å². The summed E-state index contributed by atoms with van der Waals surface area (Å²) >= 11 is 24.0. The van der Waals surface area contributed by atoms with Crippen LogP contribution in [-0.2, 0) is 4.74 Å². The summed E-state index contributed by atoms with van der Waals surface area (Å²) in [5.41, 5.74) is 3.65. The highest BCUT2D eigenvalue weighted by Crippen LogP contribution is 2.42. The van der Waals surface area contributed by atoms with E-state index in [1.54, 1.807) is 36.3 Å². The minimum absolute atomic E-state index is 0.328. The Balaban J connectivity index is 2.24. The standard InChI is InChI=1S/C12H13Cl4N3O2S/c1-21-6-5-10-17-19(22-12(14,15)16)11(20)18(10)9-4-2-3-8(13)7-9/h2-4,7,10,17H,5-6H2,1H3. The molecule has 2 rings (SSSR count). The zero-order valence-corrected chi connectivity index (χ0v) is 15.3. The number of halogens is 4. The summed E-state index contributed by atoms with van der Waals surface area (Å²) in [7, 11) is 1.59. The van der Waals surface area contributed by atoms with Gasteiger partial charge in [-0.3, -0.25) is 4.90 Å². The molecule has 1 atom stereocenters. The fraction of sp³-hybridized carbons (Fsp3) is 0.417. The average molecular weight is 405 g/mol. The Hall–Kier alpha value is -0.0800. The van der Waals surface area contributed by atoms with Crippen LogP contribution in [0.2, 0.25) is 5.02 Å². The van der Waals surface area contributed by atoms with Crippen molar-refractivity contribution in [3.8, 4) is 0 Å². The predicted octanol–water partition coefficient (Wildman–Crippen LogP) is 4.43. The number of carbonyl (C=O) groups is 1. The predicted molar refractivity (Wildman–Crippen MR) is 92.5 cm³/mol. The molecule has 2 amide bonds. The largest absolute Gasteiger partial charge is 0.385 e. The number of nitrogens with one attached hydrogen (secondary N) is 1. The molecule has 1 saturated heterocycles. The first-order valence-electron chi connectivity index (χ1n) is 6.21. The number of methoxy groups -OCH3 is 1. The number of nitrogens with zero attached hydrogens (tertiary/aromatic N) is 2. The molecule has 1 N–H and O–H groups in total. The van der Waals surface area contributed by atoms with Gasteiger partial charge in [-0.1, -0.05) is 52.5 Å². The molecule has 0 aliphatic carbocycles. The molecule has 1 aromatic rings. The quantitative estimate of drug-likeness (QED) is 0.582. The molecule has 122 valence electrons. The molecular weight excluding hydrogens is 392 g/mol. The number of benzene rings is 1. The summed E-state index contributed by atoms with van der Waals surface area (Å²) in [5, 5.41) is 0.531. The molecule has 0 radical (unpaired) electrons. The lowest BCUT2D eigenvalue weighted by Gasteiger charge is -2.22. The second-order valence-corrected chi connectivity index (χ2v) is 8.94. The molecule has 1 fully saturated rings. The topological polar surface area (TPSA) is 44.8 Å². The van der Waals surface area contributed by atoms with Gasteiger partial charge >= 0.3 is 6.03 Å². The molecule has 0 bridgehead atoms. The second kappa shape index (κ2) is 7.66. The molecule has 22 heavy (non-hydrogen) atoms. The first kappa shape index (κ1) is 18.3. The number of carbonyl (C=O) groups excluding carboxylic acids is 1. The number of ether oxygens (including phenoxy) is 1. The van der Waals surface area contributed by atoms with Crippen molar-refractivity contribution in [3.05, 3.63) is 29.3 Å². The Morgan fingerprint density at radius 1 is 1.41 bits per heavy atom. The zero-order valence-electron chi connectivity index (χ0n) is 11.4. The van der Waals surface area contributed by atoms with Crippen molar-refractivity contribution < 1.29 is 9.53 Å². The third-order valence-electron chi connectivity index (χ3n) is 2.83. The molecule has 0 spiro atoms. The monoisotopic (exact) mass is 403 g/mol. The van der Waals surface area contributed by atoms with Gasteiger partial charge in [0.2, 0.25) is 0 Å². The van der Waals surface area contributed by atoms with Crippen molar-refractivity contribution in [2.75, 3.05) is 18.6 Å². The zero-order chi connectivity index (χ0) is 16.3. The van der Waals surface area contributed by atoms with Gasteiger partial charge in [-0.05, 0) is 18.2 Å². The van der Waals surface area contributed by atoms with Crippen LogP contribution >= 0.6 is 58.4 Å². The highest BCUT2D eigenvalue weighted by atomic mass is 35.6. The summed E-state index contributed by atoms with van der Waals surface area (Å²) in [6, 6.07) is 6.64. The number of hydrazine groups is 1. The summed E-state index contributed by atoms with van der Waals surface area (Å²) in [5.74, 6) is 0. The number of rotatable bonds is 5. The Morgan fingerprint density at radius 3 is 2.73 bits per heavy atom. The molecule has 1 unspecified atom stereocenters. The Morgan fingerprint density at radius 2 is 2.14 bits per heavy atom. The second-order valence-electron chi connectivity index (χ2n) is 4.39. The molecule has 1 heterocycles. The minimum atomic E-state index is -1.65. The molecule has 5 nitrogen and oxygen atoms in total. The van der Waals surface area contributed by atoms with Crippen molar-refractivity contribution in [1.82, 2.24) is 9.84 Å². The third-order valence-corrected chi connectivity index (χ3v) is 4.34. The van der Waals surface area contributed by atoms with Crippen molar-refractivity contribution in [1.29, 1.82) is 0 Å². The van der Waals surface area contributed by atoms with Gasteiger partial charge in [0, 0.05) is 42.8 Å². The summed E-state index contributed by atoms with van der Waals surface area (Å²) < 4.78 is 4.62. The maximum absolute atomic E-state index is 12.6. The van der Waals surface area contributed by atoms with E-state index in [1.807, 2.05) is 0 Å². The van der Waals surface area contributed by atoms with Crippen LogP contribution in [0.15, 0.2) is 24.3 Å². The van der Waals surface area contributed by atoms with Gasteiger partial charge in [0.15, 0.2) is 0 Å². The molecule has 1 aromatic carbocycles. The van der Waals surface area contributed by atoms with Crippen LogP contribution in [0, 0.1) is 0 Å². The van der Waals surface area contributed by atoms with Crippen molar-refractivity contribution in [2.24, 2.45) is 0 Å². The van der Waals surface area contributed by atoms with Crippen molar-refractivity contribution in [2.45, 2.75) is 15.7 Å². The normalized spacial score (nSPS) is 19.1. The molecule has 1 aliphatic heterocycles. The first-order chi connectivity index (χ1) is 10.3. The van der Waals surface area contributed by atoms with Crippen molar-refractivity contribution >= 4 is 70.1 Å². The number of anilines is 1. The van der Waals surface area contributed by atoms with E-state index in [0.29, 0.717) is 23.7 Å². The van der Waals surface area contributed by atoms with E-state index >= 15 is 0 Å². The smallest absolute Gasteiger partial charge is 0.350 e. The molecule has 0 saturated carbocycles. The SMILES string of the molecule is COCCC1NN(SC(Cl)(Cl)Cl)C(=O)N1c1cccc(Cl)c1. The van der Waals surface area contributed by atoms with Gasteiger partial charge < -0.3 is 4.74 Å². The van der Waals surface area contributed by atoms with E-state index in [1.165, 1.54) is 4.41 Å². The van der Waals surface area contributed by atoms with E-state index in [0.717, 1.165) is 11.9 Å². The van der Waals surface area contributed by atoms with E-state index in [-0.39, 0.29) is 12.2 Å². The van der Waals surface area contributed by atoms with Crippen LogP contribution in [-0.4, -0.2) is 33.5 Å². The maximum atomic E-state index is 12.6. The summed E-state index contributed by atoms with van der Waals surface area (Å²) in [6.45, 7) is 0.467. The van der Waals surface area contributed by atoms with Gasteiger partial charge in [-0.25, -0.2) is 4.79 Å². The lowest BCUT2D eigenvalue weighted by molar-refractivity contribution is 0.182. The lowest BCUT2D eigenvalue weighted by atomic mass is 10.2. The van der Waals surface area contributed by atoms with E-state index in [9.17, 15) is 4.79 Å². The van der Waals surface area contributed by atoms with Gasteiger partial charge in [-0.2, -0.15) is 9.84 Å². The van der Waals surface area contributed by atoms with E-state index in [4.69, 9.17) is 51.1 Å². The third kappa shape index (κ3) is 4.71. The van der Waals surface area contributed by atoms with Gasteiger partial charge in [-0.15, -0.1) is 0 Å². The van der Waals surface area contributed by atoms with E-state index < -0.39 is 3.12 Å². The molecule has 10 heteroatoms. The number of alkyl halides is 3. The highest BCUT2D eigenvalue weighted by Gasteiger charge is 2.41. The Kier molecular flexibility index (Phi) is 6.36. The molecule has 0 aromatic heterocycles. The first-order valence-corrected chi connectivity index (χ1v) is 8.50. The van der Waals surface area contributed by atoms with E-state index in [2.05, 4.69) is 5.43 Å². The van der Waals surface area contributed by atoms with Gasteiger partial charge in [0.1, 0.15) is 6.17 Å². The van der Waals surface area contributed by atoms with Crippen LogP contribution < -0.4 is 10.3 Å². The number of hydrogen-bond acceptors (Lipinski definition) is 4. The van der Waals surface area contributed by atoms with Gasteiger partial charge in [0.05, 0.1) is 0 Å². The Bertz CT molecular complexity index is 543. The maximum Gasteiger partial charge on any atom is 0.350 e. The highest BCUT2D eigenvalue weighted by molar-refractivity contribution is 8.03. The van der Waals surface area contributed by atoms with Gasteiger partial charge in [0.25, 0.3) is 3.12 Å². The van der Waals surface area contributed by atoms with Crippen LogP contribution in [0.1, 0.15) is 6.42 Å². The lowest BCUT2D eigenvalue weighted by Crippen LogP contribution is -2.38. The van der Waals surface area contributed by atoms with Crippen LogP contribution in [0.4, 0.5) is 10.5 Å². The van der Waals surface area contributed by atoms with Crippen LogP contribution in [0.3, 0.4) is 0 Å². The Labute approximate surface area is 152 Å². The van der Waals surface area contributed by atoms with Crippen LogP contribution in [0.25, 0.3) is 0 Å². The number of hydrogen-bond donors (Lipinski definition) is 1. The number of urea groups is 1. The fourth-order valence-corrected chi connectivity index (χ4v) is 3.34. The molecular formula is C12H13Cl4N3O2S. The number of amides is 2.